The van der Waals surface area contributed by atoms with Gasteiger partial charge in [-0.05, 0) is 41.8 Å². The number of fused-ring (bicyclic) bond motifs is 1. The maximum absolute atomic E-state index is 10.7. The number of aliphatic hydroxyl groups excluding tert-OH is 1. The molecule has 2 aliphatic heterocycles. The van der Waals surface area contributed by atoms with E-state index in [2.05, 4.69) is 22.4 Å². The van der Waals surface area contributed by atoms with E-state index >= 15 is 0 Å². The largest absolute Gasteiger partial charge is 0.490 e. The van der Waals surface area contributed by atoms with Crippen LogP contribution in [-0.2, 0) is 16.1 Å². The molecule has 2 heterocycles. The second-order valence-electron chi connectivity index (χ2n) is 8.32. The van der Waals surface area contributed by atoms with Gasteiger partial charge in [0.2, 0.25) is 0 Å². The van der Waals surface area contributed by atoms with Gasteiger partial charge in [-0.1, -0.05) is 18.2 Å². The fraction of sp³-hybridized carbons (Fsp3) is 0.480. The highest BCUT2D eigenvalue weighted by atomic mass is 16.5. The summed E-state index contributed by atoms with van der Waals surface area (Å²) in [5, 5.41) is 23.0. The quantitative estimate of drug-likeness (QED) is 0.614. The van der Waals surface area contributed by atoms with Crippen molar-refractivity contribution in [1.29, 1.82) is 5.26 Å². The van der Waals surface area contributed by atoms with Crippen LogP contribution >= 0.6 is 0 Å². The average Bonchev–Trinajstić information content (AvgIpc) is 2.83. The fourth-order valence-electron chi connectivity index (χ4n) is 4.50. The molecule has 7 nitrogen and oxygen atoms in total. The molecule has 0 aliphatic carbocycles. The lowest BCUT2D eigenvalue weighted by molar-refractivity contribution is -0.0328. The molecule has 3 atom stereocenters. The first-order valence-electron chi connectivity index (χ1n) is 11.2. The number of nitrogens with one attached hydrogen (secondary N) is 1. The van der Waals surface area contributed by atoms with Crippen molar-refractivity contribution >= 4 is 5.69 Å². The van der Waals surface area contributed by atoms with E-state index in [0.717, 1.165) is 48.7 Å². The van der Waals surface area contributed by atoms with Gasteiger partial charge in [-0.3, -0.25) is 0 Å². The molecule has 1 fully saturated rings. The van der Waals surface area contributed by atoms with E-state index in [1.54, 1.807) is 19.2 Å². The van der Waals surface area contributed by atoms with E-state index in [9.17, 15) is 5.11 Å². The van der Waals surface area contributed by atoms with Gasteiger partial charge in [0.25, 0.3) is 0 Å². The highest BCUT2D eigenvalue weighted by molar-refractivity contribution is 5.61. The lowest BCUT2D eigenvalue weighted by Crippen LogP contribution is -2.49. The number of nitrogens with zero attached hydrogens (tertiary/aromatic N) is 2. The van der Waals surface area contributed by atoms with Gasteiger partial charge in [0.05, 0.1) is 42.7 Å². The number of anilines is 1. The summed E-state index contributed by atoms with van der Waals surface area (Å²) in [7, 11) is 1.73. The minimum atomic E-state index is -0.546. The van der Waals surface area contributed by atoms with Gasteiger partial charge in [0.1, 0.15) is 12.4 Å². The van der Waals surface area contributed by atoms with Crippen molar-refractivity contribution in [1.82, 2.24) is 5.32 Å². The van der Waals surface area contributed by atoms with E-state index in [1.165, 1.54) is 0 Å². The maximum Gasteiger partial charge on any atom is 0.142 e. The van der Waals surface area contributed by atoms with E-state index in [4.69, 9.17) is 19.5 Å². The number of rotatable bonds is 8. The predicted molar refractivity (Wildman–Crippen MR) is 122 cm³/mol. The molecule has 2 aromatic carbocycles. The number of piperidine rings is 1. The molecule has 0 aromatic heterocycles. The number of hydrogen-bond acceptors (Lipinski definition) is 7. The molecule has 0 bridgehead atoms. The molecule has 2 N–H and O–H groups in total. The smallest absolute Gasteiger partial charge is 0.142 e. The van der Waals surface area contributed by atoms with Gasteiger partial charge >= 0.3 is 0 Å². The van der Waals surface area contributed by atoms with Crippen molar-refractivity contribution < 1.29 is 19.3 Å². The minimum absolute atomic E-state index is 0.143. The van der Waals surface area contributed by atoms with Crippen LogP contribution in [0.4, 0.5) is 5.69 Å². The number of β-amino-alcohol motifs (C(OH)–C–C–N with tert-alkyl or cyclic N) is 1. The number of benzene rings is 2. The highest BCUT2D eigenvalue weighted by Crippen LogP contribution is 2.34. The van der Waals surface area contributed by atoms with Crippen molar-refractivity contribution in [3.8, 4) is 11.8 Å². The molecule has 32 heavy (non-hydrogen) atoms. The number of ether oxygens (including phenoxy) is 3. The van der Waals surface area contributed by atoms with E-state index in [-0.39, 0.29) is 12.0 Å². The zero-order valence-corrected chi connectivity index (χ0v) is 18.5. The van der Waals surface area contributed by atoms with Crippen molar-refractivity contribution in [3.05, 3.63) is 59.2 Å². The van der Waals surface area contributed by atoms with Gasteiger partial charge in [0.15, 0.2) is 0 Å². The lowest BCUT2D eigenvalue weighted by atomic mass is 9.85. The third-order valence-electron chi connectivity index (χ3n) is 6.16. The van der Waals surface area contributed by atoms with E-state index in [1.807, 2.05) is 24.3 Å². The van der Waals surface area contributed by atoms with Crippen LogP contribution in [0, 0.1) is 11.3 Å². The van der Waals surface area contributed by atoms with Crippen LogP contribution in [0.5, 0.6) is 5.75 Å². The normalized spacial score (nSPS) is 22.7. The van der Waals surface area contributed by atoms with Crippen molar-refractivity contribution in [2.45, 2.75) is 31.2 Å². The Balaban J connectivity index is 1.45. The Kier molecular flexibility index (Phi) is 7.61. The van der Waals surface area contributed by atoms with Crippen molar-refractivity contribution in [2.24, 2.45) is 0 Å². The summed E-state index contributed by atoms with van der Waals surface area (Å²) in [6, 6.07) is 15.8. The first-order valence-corrected chi connectivity index (χ1v) is 11.2. The predicted octanol–water partition coefficient (Wildman–Crippen LogP) is 2.43. The van der Waals surface area contributed by atoms with Crippen LogP contribution in [0.15, 0.2) is 42.5 Å². The Hall–Kier alpha value is -2.63. The van der Waals surface area contributed by atoms with Gasteiger partial charge in [-0.15, -0.1) is 0 Å². The SMILES string of the molecule is COCCCN1CCOc2ccc(CO[C@H]3CNC[C@@H](O)C3c3ccc(C#N)cc3)cc21. The van der Waals surface area contributed by atoms with Crippen LogP contribution in [-0.4, -0.2) is 63.8 Å². The number of methoxy groups -OCH3 is 1. The van der Waals surface area contributed by atoms with Crippen LogP contribution in [0.3, 0.4) is 0 Å². The van der Waals surface area contributed by atoms with E-state index < -0.39 is 6.10 Å². The molecule has 4 rings (SSSR count). The van der Waals surface area contributed by atoms with Crippen molar-refractivity contribution in [2.75, 3.05) is 51.4 Å². The highest BCUT2D eigenvalue weighted by Gasteiger charge is 2.34. The van der Waals surface area contributed by atoms with Crippen LogP contribution in [0.25, 0.3) is 0 Å². The van der Waals surface area contributed by atoms with Gasteiger partial charge in [-0.25, -0.2) is 0 Å². The topological polar surface area (TPSA) is 87.0 Å². The molecule has 1 saturated heterocycles. The third-order valence-corrected chi connectivity index (χ3v) is 6.16. The first kappa shape index (κ1) is 22.6. The summed E-state index contributed by atoms with van der Waals surface area (Å²) in [6.45, 7) is 4.85. The number of aliphatic hydroxyl groups is 1. The second-order valence-corrected chi connectivity index (χ2v) is 8.32. The van der Waals surface area contributed by atoms with Gasteiger partial charge < -0.3 is 29.5 Å². The van der Waals surface area contributed by atoms with Crippen LogP contribution < -0.4 is 15.0 Å². The lowest BCUT2D eigenvalue weighted by Gasteiger charge is -2.36. The standard InChI is InChI=1S/C25H31N3O4/c1-30-11-2-9-28-10-12-31-23-8-5-19(13-21(23)28)17-32-24-16-27-15-22(29)25(24)20-6-3-18(14-26)4-7-20/h3-8,13,22,24-25,27,29H,2,9-12,15-17H2,1H3/t22-,24+,25?/m1/s1. The number of nitriles is 1. The molecule has 0 saturated carbocycles. The molecule has 2 aromatic rings. The van der Waals surface area contributed by atoms with Crippen LogP contribution in [0.2, 0.25) is 0 Å². The summed E-state index contributed by atoms with van der Waals surface area (Å²) in [6.07, 6.45) is 0.251. The maximum atomic E-state index is 10.7. The molecule has 0 spiro atoms. The van der Waals surface area contributed by atoms with Crippen LogP contribution in [0.1, 0.15) is 29.0 Å². The molecule has 0 radical (unpaired) electrons. The average molecular weight is 438 g/mol. The molecular weight excluding hydrogens is 406 g/mol. The molecule has 2 aliphatic rings. The monoisotopic (exact) mass is 437 g/mol. The summed E-state index contributed by atoms with van der Waals surface area (Å²) in [4.78, 5) is 2.34. The third kappa shape index (κ3) is 5.22. The molecule has 1 unspecified atom stereocenters. The minimum Gasteiger partial charge on any atom is -0.490 e. The molecule has 7 heteroatoms. The zero-order valence-electron chi connectivity index (χ0n) is 18.5. The molecule has 0 amide bonds. The number of hydrogen-bond donors (Lipinski definition) is 2. The Labute approximate surface area is 189 Å². The first-order chi connectivity index (χ1) is 15.7. The summed E-state index contributed by atoms with van der Waals surface area (Å²) < 4.78 is 17.4. The Morgan fingerprint density at radius 3 is 2.84 bits per heavy atom. The summed E-state index contributed by atoms with van der Waals surface area (Å²) in [5.74, 6) is 0.762. The molecule has 170 valence electrons. The fourth-order valence-corrected chi connectivity index (χ4v) is 4.50. The Bertz CT molecular complexity index is 928. The van der Waals surface area contributed by atoms with Gasteiger partial charge in [-0.2, -0.15) is 5.26 Å². The zero-order chi connectivity index (χ0) is 22.3. The Morgan fingerprint density at radius 2 is 2.06 bits per heavy atom. The van der Waals surface area contributed by atoms with Gasteiger partial charge in [0, 0.05) is 39.3 Å². The summed E-state index contributed by atoms with van der Waals surface area (Å²) >= 11 is 0. The Morgan fingerprint density at radius 1 is 1.22 bits per heavy atom. The molecular formula is C25H31N3O4. The van der Waals surface area contributed by atoms with E-state index in [0.29, 0.717) is 31.9 Å². The van der Waals surface area contributed by atoms with Crippen molar-refractivity contribution in [3.63, 3.8) is 0 Å². The summed E-state index contributed by atoms with van der Waals surface area (Å²) in [5.41, 5.74) is 3.77. The second kappa shape index (κ2) is 10.8.